The van der Waals surface area contributed by atoms with Crippen molar-refractivity contribution in [3.05, 3.63) is 35.4 Å². The first-order valence-corrected chi connectivity index (χ1v) is 12.4. The van der Waals surface area contributed by atoms with Crippen LogP contribution in [-0.4, -0.2) is 48.3 Å². The predicted molar refractivity (Wildman–Crippen MR) is 118 cm³/mol. The predicted octanol–water partition coefficient (Wildman–Crippen LogP) is 2.52. The summed E-state index contributed by atoms with van der Waals surface area (Å²) in [6, 6.07) is 2.57. The molecule has 3 heterocycles. The molecule has 12 heteroatoms. The maximum atomic E-state index is 14.1. The second kappa shape index (κ2) is 8.90. The molecule has 1 aliphatic carbocycles. The summed E-state index contributed by atoms with van der Waals surface area (Å²) >= 11 is 0. The number of pyridine rings is 1. The number of anilines is 2. The van der Waals surface area contributed by atoms with E-state index in [0.29, 0.717) is 6.42 Å². The van der Waals surface area contributed by atoms with E-state index in [0.717, 1.165) is 43.1 Å². The van der Waals surface area contributed by atoms with Crippen molar-refractivity contribution in [2.75, 3.05) is 23.3 Å². The van der Waals surface area contributed by atoms with E-state index in [1.807, 2.05) is 0 Å². The molecule has 0 spiro atoms. The summed E-state index contributed by atoms with van der Waals surface area (Å²) < 4.78 is 51.4. The molecule has 1 saturated heterocycles. The van der Waals surface area contributed by atoms with Crippen molar-refractivity contribution >= 4 is 27.4 Å². The van der Waals surface area contributed by atoms with E-state index in [1.54, 1.807) is 4.90 Å². The lowest BCUT2D eigenvalue weighted by Crippen LogP contribution is -2.47. The van der Waals surface area contributed by atoms with Crippen molar-refractivity contribution in [2.24, 2.45) is 11.1 Å². The quantitative estimate of drug-likeness (QED) is 0.643. The third-order valence-corrected chi connectivity index (χ3v) is 6.90. The van der Waals surface area contributed by atoms with Gasteiger partial charge in [0.05, 0.1) is 11.4 Å². The fraction of sp³-hybridized carbons (Fsp3) is 0.524. The number of sulfonamides is 1. The smallest absolute Gasteiger partial charge is 0.278 e. The van der Waals surface area contributed by atoms with E-state index in [4.69, 9.17) is 10.1 Å². The molecule has 3 N–H and O–H groups in total. The summed E-state index contributed by atoms with van der Waals surface area (Å²) in [5, 5.41) is 7.36. The van der Waals surface area contributed by atoms with Gasteiger partial charge in [-0.25, -0.2) is 37.3 Å². The van der Waals surface area contributed by atoms with E-state index in [-0.39, 0.29) is 41.7 Å². The van der Waals surface area contributed by atoms with Crippen LogP contribution in [0.5, 0.6) is 0 Å². The SMILES string of the molecule is CC1CN(c2nc3c(nc2C(=O)Nc2ccnc(S(N)(=O)=O)c2)CCCCC3)CCC1(F)F. The van der Waals surface area contributed by atoms with Crippen LogP contribution in [0.3, 0.4) is 0 Å². The number of fused-ring (bicyclic) bond motifs is 1. The van der Waals surface area contributed by atoms with E-state index >= 15 is 0 Å². The lowest BCUT2D eigenvalue weighted by molar-refractivity contribution is -0.0652. The molecule has 1 fully saturated rings. The molecule has 0 saturated carbocycles. The molecule has 9 nitrogen and oxygen atoms in total. The largest absolute Gasteiger partial charge is 0.354 e. The molecule has 4 rings (SSSR count). The standard InChI is InChI=1S/C21H26F2N6O3S/c1-13-12-29(10-8-21(13,22)23)19-18(27-15-5-3-2-4-6-16(15)28-19)20(30)26-14-7-9-25-17(11-14)33(24,31)32/h7,9,11,13H,2-6,8,10,12H2,1H3,(H2,24,31,32)(H,25,26,30). The van der Waals surface area contributed by atoms with Gasteiger partial charge in [0.15, 0.2) is 16.5 Å². The lowest BCUT2D eigenvalue weighted by atomic mass is 9.95. The number of aromatic nitrogens is 3. The zero-order valence-electron chi connectivity index (χ0n) is 18.2. The molecular weight excluding hydrogens is 454 g/mol. The van der Waals surface area contributed by atoms with E-state index in [9.17, 15) is 22.0 Å². The molecule has 2 aromatic rings. The highest BCUT2D eigenvalue weighted by molar-refractivity contribution is 7.89. The van der Waals surface area contributed by atoms with Crippen LogP contribution in [0.4, 0.5) is 20.3 Å². The van der Waals surface area contributed by atoms with Crippen LogP contribution in [0, 0.1) is 5.92 Å². The Balaban J connectivity index is 1.70. The Morgan fingerprint density at radius 2 is 1.91 bits per heavy atom. The van der Waals surface area contributed by atoms with Gasteiger partial charge < -0.3 is 10.2 Å². The molecular formula is C21H26F2N6O3S. The summed E-state index contributed by atoms with van der Waals surface area (Å²) in [6.07, 6.45) is 5.19. The molecule has 1 amide bonds. The van der Waals surface area contributed by atoms with Crippen LogP contribution in [0.2, 0.25) is 0 Å². The summed E-state index contributed by atoms with van der Waals surface area (Å²) in [5.74, 6) is -4.02. The molecule has 2 aliphatic rings. The van der Waals surface area contributed by atoms with Gasteiger partial charge in [-0.1, -0.05) is 13.3 Å². The fourth-order valence-corrected chi connectivity index (χ4v) is 4.64. The van der Waals surface area contributed by atoms with Gasteiger partial charge >= 0.3 is 0 Å². The third kappa shape index (κ3) is 5.11. The van der Waals surface area contributed by atoms with Crippen LogP contribution in [0.25, 0.3) is 0 Å². The van der Waals surface area contributed by atoms with Crippen LogP contribution >= 0.6 is 0 Å². The number of alkyl halides is 2. The molecule has 1 atom stereocenters. The van der Waals surface area contributed by atoms with E-state index in [1.165, 1.54) is 19.2 Å². The number of nitrogens with zero attached hydrogens (tertiary/aromatic N) is 4. The molecule has 1 aliphatic heterocycles. The number of hydrogen-bond acceptors (Lipinski definition) is 7. The summed E-state index contributed by atoms with van der Waals surface area (Å²) in [7, 11) is -4.05. The number of rotatable bonds is 4. The first-order valence-electron chi connectivity index (χ1n) is 10.9. The zero-order valence-corrected chi connectivity index (χ0v) is 19.0. The first-order chi connectivity index (χ1) is 15.5. The van der Waals surface area contributed by atoms with Gasteiger partial charge in [-0.15, -0.1) is 0 Å². The van der Waals surface area contributed by atoms with Crippen molar-refractivity contribution in [1.82, 2.24) is 15.0 Å². The summed E-state index contributed by atoms with van der Waals surface area (Å²) in [4.78, 5) is 28.0. The van der Waals surface area contributed by atoms with Gasteiger partial charge in [0.2, 0.25) is 0 Å². The molecule has 2 aromatic heterocycles. The first kappa shape index (κ1) is 23.4. The maximum Gasteiger partial charge on any atom is 0.278 e. The Hall–Kier alpha value is -2.73. The van der Waals surface area contributed by atoms with Crippen LogP contribution in [0.1, 0.15) is 54.5 Å². The molecule has 0 aromatic carbocycles. The Morgan fingerprint density at radius 3 is 2.58 bits per heavy atom. The minimum absolute atomic E-state index is 0.0297. The number of carbonyl (C=O) groups is 1. The number of hydrogen-bond donors (Lipinski definition) is 2. The average molecular weight is 481 g/mol. The molecule has 33 heavy (non-hydrogen) atoms. The number of nitrogens with one attached hydrogen (secondary N) is 1. The molecule has 0 radical (unpaired) electrons. The highest BCUT2D eigenvalue weighted by Gasteiger charge is 2.42. The Bertz CT molecular complexity index is 1170. The Labute approximate surface area is 190 Å². The van der Waals surface area contributed by atoms with Crippen molar-refractivity contribution < 1.29 is 22.0 Å². The second-order valence-electron chi connectivity index (χ2n) is 8.59. The highest BCUT2D eigenvalue weighted by atomic mass is 32.2. The Kier molecular flexibility index (Phi) is 6.32. The van der Waals surface area contributed by atoms with Gasteiger partial charge in [-0.2, -0.15) is 0 Å². The third-order valence-electron chi connectivity index (χ3n) is 6.09. The highest BCUT2D eigenvalue weighted by Crippen LogP contribution is 2.36. The van der Waals surface area contributed by atoms with Gasteiger partial charge in [-0.05, 0) is 31.7 Å². The summed E-state index contributed by atoms with van der Waals surface area (Å²) in [5.41, 5.74) is 1.73. The average Bonchev–Trinajstić information content (AvgIpc) is 2.99. The van der Waals surface area contributed by atoms with Crippen LogP contribution in [0.15, 0.2) is 23.4 Å². The minimum atomic E-state index is -4.05. The van der Waals surface area contributed by atoms with Crippen LogP contribution < -0.4 is 15.4 Å². The molecule has 0 bridgehead atoms. The van der Waals surface area contributed by atoms with Crippen molar-refractivity contribution in [3.63, 3.8) is 0 Å². The normalized spacial score (nSPS) is 20.6. The van der Waals surface area contributed by atoms with Crippen molar-refractivity contribution in [3.8, 4) is 0 Å². The van der Waals surface area contributed by atoms with E-state index < -0.39 is 27.8 Å². The molecule has 1 unspecified atom stereocenters. The number of halogens is 2. The van der Waals surface area contributed by atoms with Gasteiger partial charge in [0.1, 0.15) is 0 Å². The number of amides is 1. The monoisotopic (exact) mass is 480 g/mol. The molecule has 178 valence electrons. The number of nitrogens with two attached hydrogens (primary N) is 1. The minimum Gasteiger partial charge on any atom is -0.354 e. The second-order valence-corrected chi connectivity index (χ2v) is 10.1. The van der Waals surface area contributed by atoms with Crippen molar-refractivity contribution in [2.45, 2.75) is 56.4 Å². The van der Waals surface area contributed by atoms with Gasteiger partial charge in [0, 0.05) is 43.4 Å². The lowest BCUT2D eigenvalue weighted by Gasteiger charge is -2.38. The number of carbonyl (C=O) groups excluding carboxylic acids is 1. The number of aryl methyl sites for hydroxylation is 2. The maximum absolute atomic E-state index is 14.1. The topological polar surface area (TPSA) is 131 Å². The van der Waals surface area contributed by atoms with E-state index in [2.05, 4.69) is 15.3 Å². The number of primary sulfonamides is 1. The van der Waals surface area contributed by atoms with Crippen molar-refractivity contribution in [1.29, 1.82) is 0 Å². The fourth-order valence-electron chi connectivity index (χ4n) is 4.14. The van der Waals surface area contributed by atoms with Crippen LogP contribution in [-0.2, 0) is 22.9 Å². The van der Waals surface area contributed by atoms with Gasteiger partial charge in [-0.3, -0.25) is 4.79 Å². The van der Waals surface area contributed by atoms with Gasteiger partial charge in [0.25, 0.3) is 21.9 Å². The Morgan fingerprint density at radius 1 is 1.21 bits per heavy atom. The zero-order chi connectivity index (χ0) is 23.8. The summed E-state index contributed by atoms with van der Waals surface area (Å²) in [6.45, 7) is 1.58. The number of piperidine rings is 1.